The van der Waals surface area contributed by atoms with Crippen LogP contribution in [0.3, 0.4) is 0 Å². The van der Waals surface area contributed by atoms with Crippen LogP contribution in [0.1, 0.15) is 34.1 Å². The summed E-state index contributed by atoms with van der Waals surface area (Å²) in [4.78, 5) is 24.3. The van der Waals surface area contributed by atoms with Crippen molar-refractivity contribution in [2.75, 3.05) is 25.1 Å². The van der Waals surface area contributed by atoms with Gasteiger partial charge in [0.05, 0.1) is 12.2 Å². The Morgan fingerprint density at radius 3 is 1.97 bits per heavy atom. The van der Waals surface area contributed by atoms with Gasteiger partial charge in [-0.3, -0.25) is 10.1 Å². The lowest BCUT2D eigenvalue weighted by molar-refractivity contribution is 0.0505. The fourth-order valence-corrected chi connectivity index (χ4v) is 3.05. The normalized spacial score (nSPS) is 10.1. The predicted molar refractivity (Wildman–Crippen MR) is 135 cm³/mol. The van der Waals surface area contributed by atoms with Crippen LogP contribution in [-0.4, -0.2) is 36.8 Å². The number of carbonyl (C=O) groups excluding carboxylic acids is 2. The van der Waals surface area contributed by atoms with Gasteiger partial charge in [-0.1, -0.05) is 25.1 Å². The van der Waals surface area contributed by atoms with Crippen LogP contribution in [0.15, 0.2) is 78.9 Å². The zero-order chi connectivity index (χ0) is 24.2. The van der Waals surface area contributed by atoms with E-state index in [0.29, 0.717) is 42.4 Å². The Bertz CT molecular complexity index is 1090. The zero-order valence-electron chi connectivity index (χ0n) is 18.8. The second-order valence-electron chi connectivity index (χ2n) is 7.16. The van der Waals surface area contributed by atoms with Gasteiger partial charge in [0.25, 0.3) is 5.91 Å². The van der Waals surface area contributed by atoms with E-state index in [1.165, 1.54) is 0 Å². The molecule has 0 fully saturated rings. The van der Waals surface area contributed by atoms with Crippen LogP contribution in [0.25, 0.3) is 0 Å². The highest BCUT2D eigenvalue weighted by atomic mass is 32.1. The summed E-state index contributed by atoms with van der Waals surface area (Å²) in [5, 5.41) is 5.69. The smallest absolute Gasteiger partial charge is 0.338 e. The molecule has 0 saturated carbocycles. The molecule has 0 radical (unpaired) electrons. The lowest BCUT2D eigenvalue weighted by Crippen LogP contribution is -2.34. The number of carbonyl (C=O) groups is 2. The second kappa shape index (κ2) is 13.0. The van der Waals surface area contributed by atoms with E-state index in [4.69, 9.17) is 26.4 Å². The highest BCUT2D eigenvalue weighted by molar-refractivity contribution is 7.80. The number of rotatable bonds is 10. The number of hydrogen-bond acceptors (Lipinski definition) is 6. The predicted octanol–water partition coefficient (Wildman–Crippen LogP) is 4.84. The van der Waals surface area contributed by atoms with Gasteiger partial charge in [0.15, 0.2) is 5.11 Å². The van der Waals surface area contributed by atoms with Crippen molar-refractivity contribution in [1.82, 2.24) is 5.32 Å². The summed E-state index contributed by atoms with van der Waals surface area (Å²) in [6.07, 6.45) is 0.763. The largest absolute Gasteiger partial charge is 0.490 e. The molecular formula is C26H26N2O5S. The van der Waals surface area contributed by atoms with Crippen molar-refractivity contribution in [3.8, 4) is 11.5 Å². The average Bonchev–Trinajstić information content (AvgIpc) is 2.86. The lowest BCUT2D eigenvalue weighted by Gasteiger charge is -2.11. The first-order valence-electron chi connectivity index (χ1n) is 10.9. The minimum absolute atomic E-state index is 0.143. The molecule has 0 atom stereocenters. The lowest BCUT2D eigenvalue weighted by atomic mass is 10.2. The van der Waals surface area contributed by atoms with E-state index in [0.717, 1.165) is 12.2 Å². The highest BCUT2D eigenvalue weighted by Gasteiger charge is 2.10. The molecule has 0 aliphatic heterocycles. The standard InChI is InChI=1S/C26H26N2O5S/c1-2-16-33-25(30)20-8-12-21(13-9-20)27-26(34)28-24(29)19-10-14-23(15-11-19)32-18-17-31-22-6-4-3-5-7-22/h3-15H,2,16-18H2,1H3,(H2,27,28,29,34). The third-order valence-corrected chi connectivity index (χ3v) is 4.73. The van der Waals surface area contributed by atoms with Gasteiger partial charge in [-0.25, -0.2) is 4.79 Å². The molecule has 3 aromatic carbocycles. The summed E-state index contributed by atoms with van der Waals surface area (Å²) in [5.74, 6) is 0.691. The number of ether oxygens (including phenoxy) is 3. The first kappa shape index (κ1) is 24.7. The van der Waals surface area contributed by atoms with Gasteiger partial charge in [0.2, 0.25) is 0 Å². The Morgan fingerprint density at radius 1 is 0.765 bits per heavy atom. The molecule has 1 amide bonds. The number of amides is 1. The van der Waals surface area contributed by atoms with Crippen molar-refractivity contribution in [3.63, 3.8) is 0 Å². The van der Waals surface area contributed by atoms with Crippen LogP contribution in [-0.2, 0) is 4.74 Å². The van der Waals surface area contributed by atoms with Crippen molar-refractivity contribution in [3.05, 3.63) is 90.0 Å². The number of para-hydroxylation sites is 1. The Hall–Kier alpha value is -3.91. The molecule has 0 aliphatic rings. The maximum Gasteiger partial charge on any atom is 0.338 e. The summed E-state index contributed by atoms with van der Waals surface area (Å²) < 4.78 is 16.3. The number of hydrogen-bond donors (Lipinski definition) is 2. The SMILES string of the molecule is CCCOC(=O)c1ccc(NC(=S)NC(=O)c2ccc(OCCOc3ccccc3)cc2)cc1. The van der Waals surface area contributed by atoms with Gasteiger partial charge in [-0.15, -0.1) is 0 Å². The molecular weight excluding hydrogens is 452 g/mol. The maximum atomic E-state index is 12.5. The van der Waals surface area contributed by atoms with Crippen LogP contribution in [0.4, 0.5) is 5.69 Å². The number of benzene rings is 3. The molecule has 0 unspecified atom stereocenters. The molecule has 176 valence electrons. The number of anilines is 1. The van der Waals surface area contributed by atoms with Crippen molar-refractivity contribution in [1.29, 1.82) is 0 Å². The number of thiocarbonyl (C=S) groups is 1. The van der Waals surface area contributed by atoms with Gasteiger partial charge in [-0.2, -0.15) is 0 Å². The van der Waals surface area contributed by atoms with E-state index in [1.807, 2.05) is 37.3 Å². The van der Waals surface area contributed by atoms with Gasteiger partial charge in [-0.05, 0) is 79.3 Å². The van der Waals surface area contributed by atoms with Gasteiger partial charge in [0.1, 0.15) is 24.7 Å². The molecule has 0 aliphatic carbocycles. The Morgan fingerprint density at radius 2 is 1.35 bits per heavy atom. The summed E-state index contributed by atoms with van der Waals surface area (Å²) >= 11 is 5.22. The fourth-order valence-electron chi connectivity index (χ4n) is 2.84. The molecule has 2 N–H and O–H groups in total. The first-order valence-corrected chi connectivity index (χ1v) is 11.3. The topological polar surface area (TPSA) is 85.9 Å². The Labute approximate surface area is 204 Å². The molecule has 3 rings (SSSR count). The van der Waals surface area contributed by atoms with Crippen molar-refractivity contribution < 1.29 is 23.8 Å². The fraction of sp³-hybridized carbons (Fsp3) is 0.192. The number of nitrogens with one attached hydrogen (secondary N) is 2. The van der Waals surface area contributed by atoms with E-state index in [-0.39, 0.29) is 17.0 Å². The molecule has 8 heteroatoms. The van der Waals surface area contributed by atoms with Crippen LogP contribution in [0, 0.1) is 0 Å². The molecule has 0 saturated heterocycles. The van der Waals surface area contributed by atoms with Crippen LogP contribution < -0.4 is 20.1 Å². The summed E-state index contributed by atoms with van der Waals surface area (Å²) in [7, 11) is 0. The van der Waals surface area contributed by atoms with Gasteiger partial charge in [0, 0.05) is 11.3 Å². The van der Waals surface area contributed by atoms with Crippen molar-refractivity contribution in [2.24, 2.45) is 0 Å². The maximum absolute atomic E-state index is 12.5. The Balaban J connectivity index is 1.42. The second-order valence-corrected chi connectivity index (χ2v) is 7.56. The average molecular weight is 479 g/mol. The molecule has 0 bridgehead atoms. The van der Waals surface area contributed by atoms with E-state index < -0.39 is 0 Å². The molecule has 0 heterocycles. The van der Waals surface area contributed by atoms with Crippen LogP contribution >= 0.6 is 12.2 Å². The van der Waals surface area contributed by atoms with Gasteiger partial charge >= 0.3 is 5.97 Å². The van der Waals surface area contributed by atoms with Crippen molar-refractivity contribution in [2.45, 2.75) is 13.3 Å². The Kier molecular flexibility index (Phi) is 9.42. The van der Waals surface area contributed by atoms with E-state index in [2.05, 4.69) is 10.6 Å². The van der Waals surface area contributed by atoms with Crippen LogP contribution in [0.2, 0.25) is 0 Å². The van der Waals surface area contributed by atoms with E-state index >= 15 is 0 Å². The minimum atomic E-state index is -0.375. The summed E-state index contributed by atoms with van der Waals surface area (Å²) in [6, 6.07) is 22.9. The first-order chi connectivity index (χ1) is 16.5. The van der Waals surface area contributed by atoms with E-state index in [1.54, 1.807) is 48.5 Å². The summed E-state index contributed by atoms with van der Waals surface area (Å²) in [5.41, 5.74) is 1.52. The van der Waals surface area contributed by atoms with Gasteiger partial charge < -0.3 is 19.5 Å². The quantitative estimate of drug-likeness (QED) is 0.245. The summed E-state index contributed by atoms with van der Waals surface area (Å²) in [6.45, 7) is 3.10. The minimum Gasteiger partial charge on any atom is -0.490 e. The monoisotopic (exact) mass is 478 g/mol. The third-order valence-electron chi connectivity index (χ3n) is 4.52. The molecule has 0 spiro atoms. The molecule has 34 heavy (non-hydrogen) atoms. The molecule has 0 aromatic heterocycles. The highest BCUT2D eigenvalue weighted by Crippen LogP contribution is 2.14. The van der Waals surface area contributed by atoms with Crippen molar-refractivity contribution >= 4 is 34.9 Å². The number of esters is 1. The molecule has 7 nitrogen and oxygen atoms in total. The molecule has 3 aromatic rings. The van der Waals surface area contributed by atoms with E-state index in [9.17, 15) is 9.59 Å². The van der Waals surface area contributed by atoms with Crippen LogP contribution in [0.5, 0.6) is 11.5 Å². The zero-order valence-corrected chi connectivity index (χ0v) is 19.6. The third kappa shape index (κ3) is 7.90.